The van der Waals surface area contributed by atoms with Gasteiger partial charge in [-0.25, -0.2) is 0 Å². The Kier molecular flexibility index (Phi) is 4.05. The van der Waals surface area contributed by atoms with Gasteiger partial charge in [-0.1, -0.05) is 6.58 Å². The van der Waals surface area contributed by atoms with Crippen molar-refractivity contribution in [3.8, 4) is 0 Å². The van der Waals surface area contributed by atoms with Gasteiger partial charge in [-0.3, -0.25) is 4.79 Å². The molecule has 1 atom stereocenters. The van der Waals surface area contributed by atoms with E-state index in [1.807, 2.05) is 0 Å². The van der Waals surface area contributed by atoms with Crippen LogP contribution < -0.4 is 0 Å². The van der Waals surface area contributed by atoms with Gasteiger partial charge in [0.1, 0.15) is 6.23 Å². The van der Waals surface area contributed by atoms with Crippen LogP contribution in [0.4, 0.5) is 0 Å². The van der Waals surface area contributed by atoms with E-state index in [1.54, 1.807) is 17.2 Å². The fourth-order valence-corrected chi connectivity index (χ4v) is 1.60. The Hall–Kier alpha value is -0.740. The Labute approximate surface area is 82.1 Å². The summed E-state index contributed by atoms with van der Waals surface area (Å²) in [5, 5.41) is 11.1. The van der Waals surface area contributed by atoms with Crippen molar-refractivity contribution in [3.05, 3.63) is 24.1 Å². The third-order valence-electron chi connectivity index (χ3n) is 1.79. The molecule has 1 aliphatic heterocycles. The zero-order valence-electron chi connectivity index (χ0n) is 7.35. The fraction of sp³-hybridized carbons (Fsp3) is 0.444. The maximum absolute atomic E-state index is 11.1. The summed E-state index contributed by atoms with van der Waals surface area (Å²) in [5.74, 6) is 0.830. The van der Waals surface area contributed by atoms with Crippen LogP contribution in [0.3, 0.4) is 0 Å². The van der Waals surface area contributed by atoms with E-state index in [-0.39, 0.29) is 5.91 Å². The van der Waals surface area contributed by atoms with E-state index in [4.69, 9.17) is 0 Å². The van der Waals surface area contributed by atoms with Crippen LogP contribution in [0.5, 0.6) is 0 Å². The summed E-state index contributed by atoms with van der Waals surface area (Å²) in [6.07, 6.45) is 3.07. The molecule has 0 aromatic heterocycles. The molecule has 3 nitrogen and oxygen atoms in total. The van der Waals surface area contributed by atoms with Gasteiger partial charge < -0.3 is 10.0 Å². The summed E-state index contributed by atoms with van der Waals surface area (Å²) in [5.41, 5.74) is 0. The number of nitrogens with zero attached hydrogens (tertiary/aromatic N) is 1. The second kappa shape index (κ2) is 5.09. The molecule has 1 rings (SSSR count). The van der Waals surface area contributed by atoms with Gasteiger partial charge in [-0.15, -0.1) is 11.8 Å². The minimum Gasteiger partial charge on any atom is -0.370 e. The second-order valence-electron chi connectivity index (χ2n) is 2.70. The SMILES string of the molecule is C=CSCCCN1C(=O)C=CC1O. The lowest BCUT2D eigenvalue weighted by Crippen LogP contribution is -2.34. The monoisotopic (exact) mass is 199 g/mol. The first kappa shape index (κ1) is 10.3. The van der Waals surface area contributed by atoms with Crippen LogP contribution in [-0.2, 0) is 4.79 Å². The Morgan fingerprint density at radius 2 is 2.54 bits per heavy atom. The molecule has 4 heteroatoms. The maximum Gasteiger partial charge on any atom is 0.248 e. The molecule has 13 heavy (non-hydrogen) atoms. The van der Waals surface area contributed by atoms with Gasteiger partial charge in [-0.2, -0.15) is 0 Å². The summed E-state index contributed by atoms with van der Waals surface area (Å²) >= 11 is 1.62. The average Bonchev–Trinajstić information content (AvgIpc) is 2.42. The van der Waals surface area contributed by atoms with Gasteiger partial charge in [0.25, 0.3) is 0 Å². The predicted octanol–water partition coefficient (Wildman–Crippen LogP) is 0.970. The Morgan fingerprint density at radius 3 is 3.08 bits per heavy atom. The molecule has 1 unspecified atom stereocenters. The molecule has 0 aliphatic carbocycles. The van der Waals surface area contributed by atoms with Crippen LogP contribution >= 0.6 is 11.8 Å². The van der Waals surface area contributed by atoms with Crippen molar-refractivity contribution in [3.63, 3.8) is 0 Å². The van der Waals surface area contributed by atoms with Crippen LogP contribution in [-0.4, -0.2) is 34.4 Å². The molecule has 0 spiro atoms. The van der Waals surface area contributed by atoms with Crippen LogP contribution in [0, 0.1) is 0 Å². The van der Waals surface area contributed by atoms with Gasteiger partial charge in [0.05, 0.1) is 0 Å². The van der Waals surface area contributed by atoms with Gasteiger partial charge >= 0.3 is 0 Å². The van der Waals surface area contributed by atoms with E-state index in [0.717, 1.165) is 12.2 Å². The minimum absolute atomic E-state index is 0.101. The molecule has 0 fully saturated rings. The van der Waals surface area contributed by atoms with Crippen molar-refractivity contribution in [1.29, 1.82) is 0 Å². The number of rotatable bonds is 5. The largest absolute Gasteiger partial charge is 0.370 e. The number of carbonyl (C=O) groups is 1. The standard InChI is InChI=1S/C9H13NO2S/c1-2-13-7-3-6-10-8(11)4-5-9(10)12/h2,4-5,8,11H,1,3,6-7H2. The lowest BCUT2D eigenvalue weighted by Gasteiger charge is -2.19. The Balaban J connectivity index is 2.21. The average molecular weight is 199 g/mol. The summed E-state index contributed by atoms with van der Waals surface area (Å²) in [6.45, 7) is 4.19. The van der Waals surface area contributed by atoms with Gasteiger partial charge in [0.15, 0.2) is 0 Å². The van der Waals surface area contributed by atoms with Crippen LogP contribution in [0.2, 0.25) is 0 Å². The van der Waals surface area contributed by atoms with E-state index in [9.17, 15) is 9.90 Å². The van der Waals surface area contributed by atoms with Crippen molar-refractivity contribution in [2.45, 2.75) is 12.6 Å². The quantitative estimate of drug-likeness (QED) is 0.671. The van der Waals surface area contributed by atoms with Gasteiger partial charge in [0.2, 0.25) is 5.91 Å². The maximum atomic E-state index is 11.1. The normalized spacial score (nSPS) is 21.2. The molecule has 0 radical (unpaired) electrons. The summed E-state index contributed by atoms with van der Waals surface area (Å²) in [6, 6.07) is 0. The number of hydrogen-bond acceptors (Lipinski definition) is 3. The van der Waals surface area contributed by atoms with Gasteiger partial charge in [0, 0.05) is 12.6 Å². The lowest BCUT2D eigenvalue weighted by molar-refractivity contribution is -0.130. The zero-order chi connectivity index (χ0) is 9.68. The zero-order valence-corrected chi connectivity index (χ0v) is 8.17. The number of hydrogen-bond donors (Lipinski definition) is 1. The van der Waals surface area contributed by atoms with Crippen molar-refractivity contribution in [1.82, 2.24) is 4.90 Å². The van der Waals surface area contributed by atoms with Crippen molar-refractivity contribution in [2.24, 2.45) is 0 Å². The Bertz CT molecular complexity index is 228. The van der Waals surface area contributed by atoms with Crippen LogP contribution in [0.25, 0.3) is 0 Å². The van der Waals surface area contributed by atoms with E-state index in [0.29, 0.717) is 6.54 Å². The molecule has 1 heterocycles. The molecule has 0 aromatic carbocycles. The molecule has 0 saturated carbocycles. The minimum atomic E-state index is -0.721. The molecule has 0 saturated heterocycles. The van der Waals surface area contributed by atoms with Crippen LogP contribution in [0.15, 0.2) is 24.1 Å². The number of carbonyl (C=O) groups excluding carboxylic acids is 1. The lowest BCUT2D eigenvalue weighted by atomic mass is 10.4. The highest BCUT2D eigenvalue weighted by molar-refractivity contribution is 8.02. The number of thioether (sulfide) groups is 1. The first-order chi connectivity index (χ1) is 6.25. The molecule has 1 amide bonds. The third-order valence-corrected chi connectivity index (χ3v) is 2.55. The first-order valence-electron chi connectivity index (χ1n) is 4.15. The molecule has 0 aromatic rings. The first-order valence-corrected chi connectivity index (χ1v) is 5.20. The predicted molar refractivity (Wildman–Crippen MR) is 54.1 cm³/mol. The molecule has 1 aliphatic rings. The second-order valence-corrected chi connectivity index (χ2v) is 3.77. The Morgan fingerprint density at radius 1 is 1.77 bits per heavy atom. The summed E-state index contributed by atoms with van der Waals surface area (Å²) < 4.78 is 0. The number of amides is 1. The van der Waals surface area contributed by atoms with E-state index in [2.05, 4.69) is 6.58 Å². The third kappa shape index (κ3) is 2.90. The topological polar surface area (TPSA) is 40.5 Å². The molecular formula is C9H13NO2S. The van der Waals surface area contributed by atoms with Crippen molar-refractivity contribution in [2.75, 3.05) is 12.3 Å². The number of aliphatic hydroxyl groups is 1. The summed E-state index contributed by atoms with van der Waals surface area (Å²) in [7, 11) is 0. The molecule has 1 N–H and O–H groups in total. The molecule has 0 bridgehead atoms. The van der Waals surface area contributed by atoms with Crippen molar-refractivity contribution >= 4 is 17.7 Å². The van der Waals surface area contributed by atoms with E-state index in [1.165, 1.54) is 17.1 Å². The van der Waals surface area contributed by atoms with Crippen molar-refractivity contribution < 1.29 is 9.90 Å². The fourth-order valence-electron chi connectivity index (χ4n) is 1.14. The summed E-state index contributed by atoms with van der Waals surface area (Å²) in [4.78, 5) is 12.5. The molecule has 72 valence electrons. The highest BCUT2D eigenvalue weighted by Crippen LogP contribution is 2.10. The van der Waals surface area contributed by atoms with E-state index < -0.39 is 6.23 Å². The number of aliphatic hydroxyl groups excluding tert-OH is 1. The smallest absolute Gasteiger partial charge is 0.248 e. The van der Waals surface area contributed by atoms with Crippen LogP contribution in [0.1, 0.15) is 6.42 Å². The van der Waals surface area contributed by atoms with Gasteiger partial charge in [-0.05, 0) is 23.7 Å². The molecular weight excluding hydrogens is 186 g/mol. The highest BCUT2D eigenvalue weighted by Gasteiger charge is 2.22. The van der Waals surface area contributed by atoms with E-state index >= 15 is 0 Å². The highest BCUT2D eigenvalue weighted by atomic mass is 32.2.